The van der Waals surface area contributed by atoms with E-state index in [0.717, 1.165) is 29.7 Å². The van der Waals surface area contributed by atoms with Gasteiger partial charge in [-0.05, 0) is 25.0 Å². The molecule has 1 aliphatic carbocycles. The molecule has 0 aliphatic heterocycles. The highest BCUT2D eigenvalue weighted by atomic mass is 19.4. The van der Waals surface area contributed by atoms with Crippen LogP contribution in [0.15, 0.2) is 23.1 Å². The summed E-state index contributed by atoms with van der Waals surface area (Å²) in [6, 6.07) is 1.53. The average molecular weight is 332 g/mol. The van der Waals surface area contributed by atoms with Gasteiger partial charge in [0.2, 0.25) is 5.91 Å². The predicted molar refractivity (Wildman–Crippen MR) is 76.7 cm³/mol. The minimum Gasteiger partial charge on any atom is -0.396 e. The maximum atomic E-state index is 12.7. The van der Waals surface area contributed by atoms with Crippen LogP contribution < -0.4 is 10.9 Å². The first-order valence-corrected chi connectivity index (χ1v) is 7.34. The van der Waals surface area contributed by atoms with Gasteiger partial charge in [-0.3, -0.25) is 9.59 Å². The maximum absolute atomic E-state index is 12.7. The number of aliphatic hydroxyl groups is 1. The number of halogens is 3. The highest BCUT2D eigenvalue weighted by molar-refractivity contribution is 5.76. The number of hydrogen-bond acceptors (Lipinski definition) is 3. The van der Waals surface area contributed by atoms with Crippen molar-refractivity contribution in [1.82, 2.24) is 9.88 Å². The van der Waals surface area contributed by atoms with Crippen molar-refractivity contribution < 1.29 is 23.1 Å². The summed E-state index contributed by atoms with van der Waals surface area (Å²) in [6.07, 6.45) is -1.29. The number of alkyl halides is 3. The normalized spacial score (nSPS) is 24.7. The Bertz CT molecular complexity index is 642. The lowest BCUT2D eigenvalue weighted by Crippen LogP contribution is -2.46. The van der Waals surface area contributed by atoms with E-state index >= 15 is 0 Å². The smallest absolute Gasteiger partial charge is 0.396 e. The highest BCUT2D eigenvalue weighted by Gasteiger charge is 2.39. The van der Waals surface area contributed by atoms with Crippen molar-refractivity contribution in [2.75, 3.05) is 6.61 Å². The van der Waals surface area contributed by atoms with Crippen molar-refractivity contribution in [2.24, 2.45) is 5.41 Å². The molecule has 1 aromatic heterocycles. The molecule has 1 aliphatic rings. The summed E-state index contributed by atoms with van der Waals surface area (Å²) in [4.78, 5) is 23.8. The Morgan fingerprint density at radius 2 is 2.22 bits per heavy atom. The summed E-state index contributed by atoms with van der Waals surface area (Å²) >= 11 is 0. The molecule has 2 atom stereocenters. The number of nitrogens with one attached hydrogen (secondary N) is 1. The van der Waals surface area contributed by atoms with Crippen LogP contribution in [0.2, 0.25) is 0 Å². The third-order valence-electron chi connectivity index (χ3n) is 4.42. The van der Waals surface area contributed by atoms with E-state index in [4.69, 9.17) is 0 Å². The lowest BCUT2D eigenvalue weighted by Gasteiger charge is -2.30. The summed E-state index contributed by atoms with van der Waals surface area (Å²) in [5.41, 5.74) is -2.98. The molecule has 23 heavy (non-hydrogen) atoms. The van der Waals surface area contributed by atoms with Gasteiger partial charge in [-0.25, -0.2) is 0 Å². The van der Waals surface area contributed by atoms with Crippen molar-refractivity contribution in [3.05, 3.63) is 34.2 Å². The summed E-state index contributed by atoms with van der Waals surface area (Å²) < 4.78 is 38.8. The van der Waals surface area contributed by atoms with Crippen LogP contribution in [0.25, 0.3) is 0 Å². The first-order valence-electron chi connectivity index (χ1n) is 7.34. The second-order valence-corrected chi connectivity index (χ2v) is 6.18. The van der Waals surface area contributed by atoms with E-state index in [2.05, 4.69) is 5.32 Å². The van der Waals surface area contributed by atoms with Crippen LogP contribution in [0.3, 0.4) is 0 Å². The number of amides is 1. The standard InChI is InChI=1S/C15H19F3N2O3/c1-14(9-21)6-2-5-11(14)19-12(22)8-20-7-3-4-10(13(20)23)15(16,17)18/h3-4,7,11,21H,2,5-6,8-9H2,1H3,(H,19,22). The lowest BCUT2D eigenvalue weighted by molar-refractivity contribution is -0.139. The van der Waals surface area contributed by atoms with Crippen molar-refractivity contribution in [3.8, 4) is 0 Å². The van der Waals surface area contributed by atoms with E-state index in [9.17, 15) is 27.9 Å². The second kappa shape index (κ2) is 6.35. The SMILES string of the molecule is CC1(CO)CCCC1NC(=O)Cn1cccc(C(F)(F)F)c1=O. The molecule has 1 fully saturated rings. The minimum absolute atomic E-state index is 0.0819. The van der Waals surface area contributed by atoms with Crippen LogP contribution >= 0.6 is 0 Å². The van der Waals surface area contributed by atoms with Gasteiger partial charge in [0, 0.05) is 17.7 Å². The molecule has 0 radical (unpaired) electrons. The summed E-state index contributed by atoms with van der Waals surface area (Å²) in [7, 11) is 0. The molecule has 1 saturated carbocycles. The van der Waals surface area contributed by atoms with Gasteiger partial charge in [-0.15, -0.1) is 0 Å². The Balaban J connectivity index is 2.11. The Morgan fingerprint density at radius 1 is 1.52 bits per heavy atom. The Labute approximate surface area is 131 Å². The average Bonchev–Trinajstić information content (AvgIpc) is 2.82. The maximum Gasteiger partial charge on any atom is 0.421 e. The monoisotopic (exact) mass is 332 g/mol. The fourth-order valence-electron chi connectivity index (χ4n) is 2.94. The zero-order valence-corrected chi connectivity index (χ0v) is 12.7. The third-order valence-corrected chi connectivity index (χ3v) is 4.42. The van der Waals surface area contributed by atoms with Gasteiger partial charge in [0.05, 0.1) is 6.61 Å². The molecule has 1 amide bonds. The van der Waals surface area contributed by atoms with Crippen LogP contribution in [0.4, 0.5) is 13.2 Å². The Kier molecular flexibility index (Phi) is 4.84. The van der Waals surface area contributed by atoms with Crippen LogP contribution in [0.1, 0.15) is 31.7 Å². The molecule has 0 saturated heterocycles. The highest BCUT2D eigenvalue weighted by Crippen LogP contribution is 2.37. The Hall–Kier alpha value is -1.83. The number of carbonyl (C=O) groups is 1. The molecular weight excluding hydrogens is 313 g/mol. The van der Waals surface area contributed by atoms with Gasteiger partial charge in [-0.1, -0.05) is 13.3 Å². The van der Waals surface area contributed by atoms with Gasteiger partial charge in [0.15, 0.2) is 0 Å². The number of aromatic nitrogens is 1. The van der Waals surface area contributed by atoms with Crippen LogP contribution in [0, 0.1) is 5.41 Å². The van der Waals surface area contributed by atoms with Crippen LogP contribution in [0.5, 0.6) is 0 Å². The molecule has 2 rings (SSSR count). The van der Waals surface area contributed by atoms with Gasteiger partial charge in [0.1, 0.15) is 12.1 Å². The molecule has 1 aromatic rings. The largest absolute Gasteiger partial charge is 0.421 e. The fourth-order valence-corrected chi connectivity index (χ4v) is 2.94. The van der Waals surface area contributed by atoms with E-state index in [1.165, 1.54) is 0 Å². The second-order valence-electron chi connectivity index (χ2n) is 6.18. The number of nitrogens with zero attached hydrogens (tertiary/aromatic N) is 1. The van der Waals surface area contributed by atoms with Crippen molar-refractivity contribution in [2.45, 2.75) is 44.9 Å². The zero-order valence-electron chi connectivity index (χ0n) is 12.7. The quantitative estimate of drug-likeness (QED) is 0.878. The van der Waals surface area contributed by atoms with E-state index in [1.54, 1.807) is 0 Å². The molecule has 1 heterocycles. The number of aliphatic hydroxyl groups excluding tert-OH is 1. The van der Waals surface area contributed by atoms with Crippen molar-refractivity contribution in [1.29, 1.82) is 0 Å². The molecule has 128 valence electrons. The lowest BCUT2D eigenvalue weighted by atomic mass is 9.86. The van der Waals surface area contributed by atoms with Crippen LogP contribution in [-0.4, -0.2) is 28.2 Å². The van der Waals surface area contributed by atoms with E-state index in [1.807, 2.05) is 6.92 Å². The zero-order chi connectivity index (χ0) is 17.3. The molecule has 8 heteroatoms. The van der Waals surface area contributed by atoms with Crippen molar-refractivity contribution in [3.63, 3.8) is 0 Å². The molecular formula is C15H19F3N2O3. The molecule has 0 spiro atoms. The van der Waals surface area contributed by atoms with Gasteiger partial charge in [0.25, 0.3) is 5.56 Å². The first-order chi connectivity index (χ1) is 10.7. The molecule has 2 unspecified atom stereocenters. The molecule has 0 aromatic carbocycles. The van der Waals surface area contributed by atoms with E-state index in [-0.39, 0.29) is 12.6 Å². The molecule has 2 N–H and O–H groups in total. The number of carbonyl (C=O) groups excluding carboxylic acids is 1. The summed E-state index contributed by atoms with van der Waals surface area (Å²) in [5, 5.41) is 12.2. The van der Waals surface area contributed by atoms with Gasteiger partial charge < -0.3 is 15.0 Å². The topological polar surface area (TPSA) is 71.3 Å². The minimum atomic E-state index is -4.75. The fraction of sp³-hybridized carbons (Fsp3) is 0.600. The first kappa shape index (κ1) is 17.5. The summed E-state index contributed by atoms with van der Waals surface area (Å²) in [6.45, 7) is 1.28. The van der Waals surface area contributed by atoms with E-state index < -0.39 is 35.2 Å². The third kappa shape index (κ3) is 3.74. The van der Waals surface area contributed by atoms with Crippen molar-refractivity contribution >= 4 is 5.91 Å². The molecule has 5 nitrogen and oxygen atoms in total. The van der Waals surface area contributed by atoms with Crippen LogP contribution in [-0.2, 0) is 17.5 Å². The number of pyridine rings is 1. The number of hydrogen-bond donors (Lipinski definition) is 2. The predicted octanol–water partition coefficient (Wildman–Crippen LogP) is 1.53. The Morgan fingerprint density at radius 3 is 2.83 bits per heavy atom. The summed E-state index contributed by atoms with van der Waals surface area (Å²) in [5.74, 6) is -0.544. The molecule has 0 bridgehead atoms. The van der Waals surface area contributed by atoms with Gasteiger partial charge >= 0.3 is 6.18 Å². The number of rotatable bonds is 4. The van der Waals surface area contributed by atoms with Gasteiger partial charge in [-0.2, -0.15) is 13.2 Å². The van der Waals surface area contributed by atoms with E-state index in [0.29, 0.717) is 12.5 Å².